The second-order valence-electron chi connectivity index (χ2n) is 4.58. The third-order valence-corrected chi connectivity index (χ3v) is 3.20. The molecule has 5 nitrogen and oxygen atoms in total. The van der Waals surface area contributed by atoms with E-state index in [1.165, 1.54) is 0 Å². The second-order valence-corrected chi connectivity index (χ2v) is 4.58. The maximum atomic E-state index is 11.9. The van der Waals surface area contributed by atoms with Crippen LogP contribution >= 0.6 is 0 Å². The van der Waals surface area contributed by atoms with Gasteiger partial charge in [-0.2, -0.15) is 0 Å². The van der Waals surface area contributed by atoms with Crippen molar-refractivity contribution in [2.24, 2.45) is 0 Å². The molecule has 1 atom stereocenters. The predicted molar refractivity (Wildman–Crippen MR) is 71.6 cm³/mol. The van der Waals surface area contributed by atoms with Gasteiger partial charge in [0.15, 0.2) is 0 Å². The lowest BCUT2D eigenvalue weighted by Crippen LogP contribution is -2.35. The Morgan fingerprint density at radius 3 is 2.95 bits per heavy atom. The van der Waals surface area contributed by atoms with Gasteiger partial charge in [0.1, 0.15) is 5.69 Å². The number of rotatable bonds is 3. The quantitative estimate of drug-likeness (QED) is 0.883. The summed E-state index contributed by atoms with van der Waals surface area (Å²) in [5.41, 5.74) is 1.68. The Bertz CT molecular complexity index is 559. The van der Waals surface area contributed by atoms with Gasteiger partial charge >= 0.3 is 0 Å². The minimum atomic E-state index is -0.120. The van der Waals surface area contributed by atoms with Crippen LogP contribution in [0.3, 0.4) is 0 Å². The fourth-order valence-corrected chi connectivity index (χ4v) is 2.20. The number of benzene rings is 1. The minimum Gasteiger partial charge on any atom is -0.338 e. The Morgan fingerprint density at radius 2 is 2.21 bits per heavy atom. The standard InChI is InChI=1S/C14H15N3O2/c18-14(11-7-4-8-15-11)16-13-9-12(17-19-13)10-5-2-1-3-6-10/h1-3,5-6,9,11,15H,4,7-8H2,(H,16,18). The Kier molecular flexibility index (Phi) is 3.29. The van der Waals surface area contributed by atoms with Gasteiger partial charge in [-0.3, -0.25) is 10.1 Å². The largest absolute Gasteiger partial charge is 0.338 e. The molecule has 1 amide bonds. The highest BCUT2D eigenvalue weighted by Crippen LogP contribution is 2.21. The molecule has 19 heavy (non-hydrogen) atoms. The highest BCUT2D eigenvalue weighted by atomic mass is 16.5. The lowest BCUT2D eigenvalue weighted by atomic mass is 10.1. The Hall–Kier alpha value is -2.14. The van der Waals surface area contributed by atoms with Gasteiger partial charge in [-0.25, -0.2) is 0 Å². The zero-order valence-electron chi connectivity index (χ0n) is 10.4. The molecule has 0 aliphatic carbocycles. The van der Waals surface area contributed by atoms with E-state index in [1.54, 1.807) is 6.07 Å². The molecule has 2 heterocycles. The number of carbonyl (C=O) groups excluding carboxylic acids is 1. The van der Waals surface area contributed by atoms with Crippen LogP contribution in [-0.2, 0) is 4.79 Å². The molecule has 2 N–H and O–H groups in total. The summed E-state index contributed by atoms with van der Waals surface area (Å²) in [4.78, 5) is 11.9. The maximum Gasteiger partial charge on any atom is 0.243 e. The monoisotopic (exact) mass is 257 g/mol. The van der Waals surface area contributed by atoms with Crippen LogP contribution in [0.2, 0.25) is 0 Å². The van der Waals surface area contributed by atoms with Crippen LogP contribution in [0.1, 0.15) is 12.8 Å². The van der Waals surface area contributed by atoms with Crippen molar-refractivity contribution in [2.75, 3.05) is 11.9 Å². The first-order chi connectivity index (χ1) is 9.33. The van der Waals surface area contributed by atoms with Gasteiger partial charge in [0, 0.05) is 11.6 Å². The molecule has 1 saturated heterocycles. The number of anilines is 1. The van der Waals surface area contributed by atoms with Crippen molar-refractivity contribution in [1.29, 1.82) is 0 Å². The summed E-state index contributed by atoms with van der Waals surface area (Å²) in [5.74, 6) is 0.325. The Morgan fingerprint density at radius 1 is 1.37 bits per heavy atom. The molecule has 5 heteroatoms. The molecule has 0 saturated carbocycles. The van der Waals surface area contributed by atoms with Crippen LogP contribution in [0.25, 0.3) is 11.3 Å². The molecule has 1 fully saturated rings. The lowest BCUT2D eigenvalue weighted by molar-refractivity contribution is -0.117. The zero-order valence-corrected chi connectivity index (χ0v) is 10.4. The van der Waals surface area contributed by atoms with E-state index in [4.69, 9.17) is 4.52 Å². The van der Waals surface area contributed by atoms with E-state index >= 15 is 0 Å². The molecule has 3 rings (SSSR count). The Balaban J connectivity index is 1.70. The summed E-state index contributed by atoms with van der Waals surface area (Å²) in [5, 5.41) is 9.84. The molecule has 1 aromatic heterocycles. The van der Waals surface area contributed by atoms with E-state index in [2.05, 4.69) is 15.8 Å². The topological polar surface area (TPSA) is 67.2 Å². The molecule has 0 bridgehead atoms. The van der Waals surface area contributed by atoms with Gasteiger partial charge in [0.2, 0.25) is 11.8 Å². The van der Waals surface area contributed by atoms with Crippen molar-refractivity contribution in [3.63, 3.8) is 0 Å². The maximum absolute atomic E-state index is 11.9. The third kappa shape index (κ3) is 2.66. The third-order valence-electron chi connectivity index (χ3n) is 3.20. The van der Waals surface area contributed by atoms with E-state index in [9.17, 15) is 4.79 Å². The Labute approximate surface area is 111 Å². The lowest BCUT2D eigenvalue weighted by Gasteiger charge is -2.07. The zero-order chi connectivity index (χ0) is 13.1. The molecule has 1 aliphatic rings. The predicted octanol–water partition coefficient (Wildman–Crippen LogP) is 2.03. The van der Waals surface area contributed by atoms with Crippen LogP contribution in [0.15, 0.2) is 40.9 Å². The smallest absolute Gasteiger partial charge is 0.243 e. The van der Waals surface area contributed by atoms with Crippen molar-refractivity contribution in [3.05, 3.63) is 36.4 Å². The fourth-order valence-electron chi connectivity index (χ4n) is 2.20. The second kappa shape index (κ2) is 5.24. The van der Waals surface area contributed by atoms with Gasteiger partial charge in [-0.1, -0.05) is 35.5 Å². The van der Waals surface area contributed by atoms with E-state index in [0.29, 0.717) is 5.88 Å². The molecule has 2 aromatic rings. The molecule has 1 aliphatic heterocycles. The normalized spacial score (nSPS) is 18.4. The van der Waals surface area contributed by atoms with E-state index in [0.717, 1.165) is 30.6 Å². The minimum absolute atomic E-state index is 0.0618. The molecular weight excluding hydrogens is 242 g/mol. The molecule has 0 radical (unpaired) electrons. The molecule has 1 unspecified atom stereocenters. The highest BCUT2D eigenvalue weighted by molar-refractivity contribution is 5.94. The number of amides is 1. The van der Waals surface area contributed by atoms with E-state index < -0.39 is 0 Å². The van der Waals surface area contributed by atoms with Crippen LogP contribution in [0.5, 0.6) is 0 Å². The molecule has 0 spiro atoms. The van der Waals surface area contributed by atoms with Gasteiger partial charge in [0.25, 0.3) is 0 Å². The van der Waals surface area contributed by atoms with Crippen molar-refractivity contribution < 1.29 is 9.32 Å². The van der Waals surface area contributed by atoms with Crippen LogP contribution in [-0.4, -0.2) is 23.7 Å². The van der Waals surface area contributed by atoms with Gasteiger partial charge in [-0.05, 0) is 19.4 Å². The summed E-state index contributed by atoms with van der Waals surface area (Å²) in [6.07, 6.45) is 1.90. The number of hydrogen-bond acceptors (Lipinski definition) is 4. The van der Waals surface area contributed by atoms with Gasteiger partial charge < -0.3 is 9.84 Å². The average Bonchev–Trinajstić information content (AvgIpc) is 3.11. The highest BCUT2D eigenvalue weighted by Gasteiger charge is 2.23. The van der Waals surface area contributed by atoms with Crippen LogP contribution < -0.4 is 10.6 Å². The number of hydrogen-bond donors (Lipinski definition) is 2. The first kappa shape index (κ1) is 11.9. The van der Waals surface area contributed by atoms with Crippen molar-refractivity contribution in [2.45, 2.75) is 18.9 Å². The summed E-state index contributed by atoms with van der Waals surface area (Å²) in [6, 6.07) is 11.3. The van der Waals surface area contributed by atoms with Crippen LogP contribution in [0, 0.1) is 0 Å². The molecular formula is C14H15N3O2. The van der Waals surface area contributed by atoms with E-state index in [-0.39, 0.29) is 11.9 Å². The summed E-state index contributed by atoms with van der Waals surface area (Å²) < 4.78 is 5.14. The van der Waals surface area contributed by atoms with Gasteiger partial charge in [-0.15, -0.1) is 0 Å². The average molecular weight is 257 g/mol. The van der Waals surface area contributed by atoms with E-state index in [1.807, 2.05) is 30.3 Å². The first-order valence-electron chi connectivity index (χ1n) is 6.39. The van der Waals surface area contributed by atoms with Crippen molar-refractivity contribution >= 4 is 11.8 Å². The van der Waals surface area contributed by atoms with Crippen molar-refractivity contribution in [3.8, 4) is 11.3 Å². The van der Waals surface area contributed by atoms with Crippen LogP contribution in [0.4, 0.5) is 5.88 Å². The number of aromatic nitrogens is 1. The van der Waals surface area contributed by atoms with Crippen molar-refractivity contribution in [1.82, 2.24) is 10.5 Å². The van der Waals surface area contributed by atoms with Gasteiger partial charge in [0.05, 0.1) is 6.04 Å². The molecule has 98 valence electrons. The summed E-state index contributed by atoms with van der Waals surface area (Å²) in [6.45, 7) is 0.893. The number of nitrogens with one attached hydrogen (secondary N) is 2. The molecule has 1 aromatic carbocycles. The number of carbonyl (C=O) groups is 1. The summed E-state index contributed by atoms with van der Waals surface area (Å²) in [7, 11) is 0. The fraction of sp³-hybridized carbons (Fsp3) is 0.286. The summed E-state index contributed by atoms with van der Waals surface area (Å²) >= 11 is 0. The first-order valence-corrected chi connectivity index (χ1v) is 6.39. The SMILES string of the molecule is O=C(Nc1cc(-c2ccccc2)no1)C1CCCN1. The number of nitrogens with zero attached hydrogens (tertiary/aromatic N) is 1.